The molecule has 1 aliphatic rings. The Labute approximate surface area is 139 Å². The van der Waals surface area contributed by atoms with Gasteiger partial charge in [-0.2, -0.15) is 0 Å². The second-order valence-electron chi connectivity index (χ2n) is 5.73. The zero-order chi connectivity index (χ0) is 16.2. The predicted molar refractivity (Wildman–Crippen MR) is 89.0 cm³/mol. The third-order valence-electron chi connectivity index (χ3n) is 3.94. The second-order valence-corrected chi connectivity index (χ2v) is 6.90. The third-order valence-corrected chi connectivity index (χ3v) is 5.06. The van der Waals surface area contributed by atoms with E-state index in [1.54, 1.807) is 11.3 Å². The molecule has 0 bridgehead atoms. The van der Waals surface area contributed by atoms with Gasteiger partial charge in [-0.1, -0.05) is 30.3 Å². The van der Waals surface area contributed by atoms with E-state index in [1.165, 1.54) is 17.4 Å². The van der Waals surface area contributed by atoms with Crippen LogP contribution in [-0.4, -0.2) is 16.8 Å². The summed E-state index contributed by atoms with van der Waals surface area (Å²) in [5.74, 6) is -0.00130. The number of hydrogen-bond donors (Lipinski definition) is 2. The zero-order valence-electron chi connectivity index (χ0n) is 13.0. The molecule has 1 atom stereocenters. The second kappa shape index (κ2) is 6.91. The molecule has 0 saturated carbocycles. The van der Waals surface area contributed by atoms with Gasteiger partial charge >= 0.3 is 0 Å². The van der Waals surface area contributed by atoms with Crippen molar-refractivity contribution in [3.63, 3.8) is 0 Å². The molecule has 1 aromatic heterocycles. The molecule has 3 rings (SSSR count). The van der Waals surface area contributed by atoms with E-state index in [0.717, 1.165) is 30.0 Å². The molecule has 0 fully saturated rings. The molecule has 0 unspecified atom stereocenters. The summed E-state index contributed by atoms with van der Waals surface area (Å²) < 4.78 is 0. The summed E-state index contributed by atoms with van der Waals surface area (Å²) in [6.45, 7) is 1.35. The van der Waals surface area contributed by atoms with Crippen LogP contribution in [0, 0.1) is 0 Å². The maximum absolute atomic E-state index is 11.8. The van der Waals surface area contributed by atoms with Crippen molar-refractivity contribution < 1.29 is 9.59 Å². The number of aryl methyl sites for hydroxylation is 1. The van der Waals surface area contributed by atoms with Gasteiger partial charge in [-0.15, -0.1) is 11.3 Å². The lowest BCUT2D eigenvalue weighted by Crippen LogP contribution is -2.41. The van der Waals surface area contributed by atoms with Gasteiger partial charge in [0.2, 0.25) is 11.8 Å². The van der Waals surface area contributed by atoms with E-state index in [9.17, 15) is 9.59 Å². The maximum Gasteiger partial charge on any atom is 0.245 e. The highest BCUT2D eigenvalue weighted by molar-refractivity contribution is 7.11. The van der Waals surface area contributed by atoms with E-state index in [-0.39, 0.29) is 18.2 Å². The maximum atomic E-state index is 11.8. The lowest BCUT2D eigenvalue weighted by atomic mass is 9.85. The van der Waals surface area contributed by atoms with Crippen molar-refractivity contribution in [3.8, 4) is 0 Å². The van der Waals surface area contributed by atoms with Gasteiger partial charge in [0.25, 0.3) is 0 Å². The minimum absolute atomic E-state index is 0.202. The van der Waals surface area contributed by atoms with Crippen molar-refractivity contribution in [1.82, 2.24) is 15.8 Å². The molecule has 1 aromatic carbocycles. The first-order chi connectivity index (χ1) is 11.1. The van der Waals surface area contributed by atoms with Crippen LogP contribution < -0.4 is 10.9 Å². The first-order valence-electron chi connectivity index (χ1n) is 7.69. The van der Waals surface area contributed by atoms with E-state index >= 15 is 0 Å². The molecule has 120 valence electrons. The summed E-state index contributed by atoms with van der Waals surface area (Å²) in [6, 6.07) is 10.6. The number of fused-ring (bicyclic) bond motifs is 1. The SMILES string of the molecule is CC(=O)NNC(=O)Cc1nc2c(s1)C[C@@H](c1ccccc1)CC2. The van der Waals surface area contributed by atoms with Crippen LogP contribution in [0.25, 0.3) is 0 Å². The quantitative estimate of drug-likeness (QED) is 0.848. The van der Waals surface area contributed by atoms with Gasteiger partial charge in [0.05, 0.1) is 12.1 Å². The third kappa shape index (κ3) is 3.96. The van der Waals surface area contributed by atoms with Gasteiger partial charge in [-0.3, -0.25) is 20.4 Å². The van der Waals surface area contributed by atoms with Crippen molar-refractivity contribution in [2.75, 3.05) is 0 Å². The predicted octanol–water partition coefficient (Wildman–Crippen LogP) is 2.13. The number of nitrogens with zero attached hydrogens (tertiary/aromatic N) is 1. The fourth-order valence-corrected chi connectivity index (χ4v) is 4.05. The number of amides is 2. The van der Waals surface area contributed by atoms with Crippen LogP contribution in [0.1, 0.15) is 40.4 Å². The molecular formula is C17H19N3O2S. The van der Waals surface area contributed by atoms with Crippen LogP contribution >= 0.6 is 11.3 Å². The summed E-state index contributed by atoms with van der Waals surface area (Å²) in [6.07, 6.45) is 3.25. The summed E-state index contributed by atoms with van der Waals surface area (Å²) in [5, 5.41) is 0.812. The highest BCUT2D eigenvalue weighted by Gasteiger charge is 2.24. The van der Waals surface area contributed by atoms with Gasteiger partial charge in [0.1, 0.15) is 5.01 Å². The van der Waals surface area contributed by atoms with Gasteiger partial charge in [-0.05, 0) is 30.7 Å². The number of aromatic nitrogens is 1. The average molecular weight is 329 g/mol. The number of thiazole rings is 1. The Morgan fingerprint density at radius 2 is 2.04 bits per heavy atom. The Morgan fingerprint density at radius 3 is 2.78 bits per heavy atom. The Hall–Kier alpha value is -2.21. The van der Waals surface area contributed by atoms with Crippen molar-refractivity contribution in [2.45, 2.75) is 38.5 Å². The van der Waals surface area contributed by atoms with Gasteiger partial charge < -0.3 is 0 Å². The summed E-state index contributed by atoms with van der Waals surface area (Å²) in [4.78, 5) is 28.4. The lowest BCUT2D eigenvalue weighted by Gasteiger charge is -2.21. The number of carbonyl (C=O) groups excluding carboxylic acids is 2. The van der Waals surface area contributed by atoms with Crippen molar-refractivity contribution >= 4 is 23.2 Å². The van der Waals surface area contributed by atoms with Crippen LogP contribution in [0.3, 0.4) is 0 Å². The Balaban J connectivity index is 1.65. The number of hydrazine groups is 1. The molecule has 1 aliphatic carbocycles. The van der Waals surface area contributed by atoms with Gasteiger partial charge in [0, 0.05) is 11.8 Å². The first kappa shape index (κ1) is 15.7. The molecule has 23 heavy (non-hydrogen) atoms. The molecule has 6 heteroatoms. The van der Waals surface area contributed by atoms with E-state index < -0.39 is 0 Å². The van der Waals surface area contributed by atoms with Gasteiger partial charge in [-0.25, -0.2) is 4.98 Å². The molecule has 2 aromatic rings. The largest absolute Gasteiger partial charge is 0.274 e. The van der Waals surface area contributed by atoms with E-state index in [1.807, 2.05) is 6.07 Å². The number of carbonyl (C=O) groups is 2. The molecule has 0 saturated heterocycles. The van der Waals surface area contributed by atoms with Crippen molar-refractivity contribution in [1.29, 1.82) is 0 Å². The minimum Gasteiger partial charge on any atom is -0.274 e. The molecule has 2 N–H and O–H groups in total. The summed E-state index contributed by atoms with van der Waals surface area (Å²) in [5.41, 5.74) is 7.17. The zero-order valence-corrected chi connectivity index (χ0v) is 13.8. The van der Waals surface area contributed by atoms with Crippen LogP contribution in [-0.2, 0) is 28.9 Å². The Kier molecular flexibility index (Phi) is 4.71. The summed E-state index contributed by atoms with van der Waals surface area (Å²) >= 11 is 1.61. The number of rotatable bonds is 3. The lowest BCUT2D eigenvalue weighted by molar-refractivity contribution is -0.127. The topological polar surface area (TPSA) is 71.1 Å². The fraction of sp³-hybridized carbons (Fsp3) is 0.353. The standard InChI is InChI=1S/C17H19N3O2S/c1-11(21)19-20-16(22)10-17-18-14-8-7-13(9-15(14)23-17)12-5-3-2-4-6-12/h2-6,13H,7-10H2,1H3,(H,19,21)(H,20,22)/t13-/m0/s1. The monoisotopic (exact) mass is 329 g/mol. The van der Waals surface area contributed by atoms with Crippen molar-refractivity contribution in [2.24, 2.45) is 0 Å². The molecule has 0 spiro atoms. The first-order valence-corrected chi connectivity index (χ1v) is 8.51. The van der Waals surface area contributed by atoms with E-state index in [0.29, 0.717) is 5.92 Å². The van der Waals surface area contributed by atoms with E-state index in [2.05, 4.69) is 40.1 Å². The van der Waals surface area contributed by atoms with Crippen LogP contribution in [0.5, 0.6) is 0 Å². The minimum atomic E-state index is -0.289. The highest BCUT2D eigenvalue weighted by Crippen LogP contribution is 2.35. The Bertz CT molecular complexity index is 712. The fourth-order valence-electron chi connectivity index (χ4n) is 2.85. The smallest absolute Gasteiger partial charge is 0.245 e. The molecule has 1 heterocycles. The number of hydrogen-bond acceptors (Lipinski definition) is 4. The normalized spacial score (nSPS) is 16.5. The molecule has 0 aliphatic heterocycles. The van der Waals surface area contributed by atoms with Crippen LogP contribution in [0.4, 0.5) is 0 Å². The number of benzene rings is 1. The average Bonchev–Trinajstić information content (AvgIpc) is 2.95. The molecule has 2 amide bonds. The van der Waals surface area contributed by atoms with Gasteiger partial charge in [0.15, 0.2) is 0 Å². The van der Waals surface area contributed by atoms with Crippen LogP contribution in [0.15, 0.2) is 30.3 Å². The highest BCUT2D eigenvalue weighted by atomic mass is 32.1. The van der Waals surface area contributed by atoms with Crippen LogP contribution in [0.2, 0.25) is 0 Å². The molecular weight excluding hydrogens is 310 g/mol. The number of nitrogens with one attached hydrogen (secondary N) is 2. The molecule has 5 nitrogen and oxygen atoms in total. The molecule has 0 radical (unpaired) electrons. The van der Waals surface area contributed by atoms with E-state index in [4.69, 9.17) is 0 Å². The Morgan fingerprint density at radius 1 is 1.26 bits per heavy atom. The summed E-state index contributed by atoms with van der Waals surface area (Å²) in [7, 11) is 0. The van der Waals surface area contributed by atoms with Crippen molar-refractivity contribution in [3.05, 3.63) is 51.5 Å².